The third kappa shape index (κ3) is 30.2. The molecule has 1 saturated heterocycles. The average Bonchev–Trinajstić information content (AvgIpc) is 1.62. The number of amides is 3. The molecule has 0 saturated carbocycles. The van der Waals surface area contributed by atoms with Crippen molar-refractivity contribution in [2.45, 2.75) is 283 Å². The van der Waals surface area contributed by atoms with E-state index in [-0.39, 0.29) is 84.4 Å². The second kappa shape index (κ2) is 44.7. The van der Waals surface area contributed by atoms with Gasteiger partial charge in [0.05, 0.1) is 85.6 Å². The number of pyridine rings is 7. The van der Waals surface area contributed by atoms with E-state index in [4.69, 9.17) is 140 Å². The van der Waals surface area contributed by atoms with Crippen LogP contribution in [0.1, 0.15) is 273 Å². The predicted molar refractivity (Wildman–Crippen MR) is 533 cm³/mol. The Bertz CT molecular complexity index is 5230. The molecule has 39 heteroatoms. The van der Waals surface area contributed by atoms with E-state index in [1.54, 1.807) is 78.9 Å². The van der Waals surface area contributed by atoms with Crippen LogP contribution < -0.4 is 45.4 Å². The van der Waals surface area contributed by atoms with Gasteiger partial charge in [0.2, 0.25) is 0 Å². The number of aromatic hydroxyl groups is 2. The molecule has 7 aromatic heterocycles. The summed E-state index contributed by atoms with van der Waals surface area (Å²) >= 11 is 46.7. The summed E-state index contributed by atoms with van der Waals surface area (Å²) in [5, 5.41) is 77.8. The lowest BCUT2D eigenvalue weighted by atomic mass is 9.80. The van der Waals surface area contributed by atoms with Crippen molar-refractivity contribution in [1.82, 2.24) is 50.8 Å². The first-order valence-electron chi connectivity index (χ1n) is 43.1. The van der Waals surface area contributed by atoms with Crippen molar-refractivity contribution >= 4 is 150 Å². The number of alkyl carbamates (subject to hydrolysis) is 3. The third-order valence-corrected chi connectivity index (χ3v) is 25.7. The van der Waals surface area contributed by atoms with Gasteiger partial charge in [-0.25, -0.2) is 49.3 Å². The number of epoxide rings is 1. The highest BCUT2D eigenvalue weighted by Crippen LogP contribution is 2.50. The summed E-state index contributed by atoms with van der Waals surface area (Å²) in [6, 6.07) is 12.8. The van der Waals surface area contributed by atoms with E-state index in [0.717, 1.165) is 72.0 Å². The Labute approximate surface area is 842 Å². The molecule has 3 amide bonds. The van der Waals surface area contributed by atoms with Crippen LogP contribution in [-0.4, -0.2) is 172 Å². The number of nitrogens with one attached hydrogen (secondary N) is 3. The molecular formula is C94H128Cl7I2N11O19. The molecular weight excluding hydrogens is 2090 g/mol. The summed E-state index contributed by atoms with van der Waals surface area (Å²) in [5.74, 6) is 2.77. The topological polar surface area (TPSA) is 432 Å². The Morgan fingerprint density at radius 3 is 1.19 bits per heavy atom. The molecule has 0 aromatic carbocycles. The lowest BCUT2D eigenvalue weighted by Crippen LogP contribution is -2.48. The number of hydrogen-bond donors (Lipinski definition) is 11. The van der Waals surface area contributed by atoms with Gasteiger partial charge in [0.15, 0.2) is 76.3 Å². The zero-order chi connectivity index (χ0) is 101. The number of hydrogen-bond acceptors (Lipinski definition) is 27. The van der Waals surface area contributed by atoms with Crippen LogP contribution in [0.2, 0.25) is 36.1 Å². The molecule has 736 valence electrons. The van der Waals surface area contributed by atoms with E-state index in [1.807, 2.05) is 118 Å². The van der Waals surface area contributed by atoms with Crippen LogP contribution >= 0.6 is 126 Å². The number of nitrogens with two attached hydrogens (primary N) is 1. The Morgan fingerprint density at radius 1 is 0.466 bits per heavy atom. The molecule has 0 aliphatic carbocycles. The quantitative estimate of drug-likeness (QED) is 0.0196. The molecule has 133 heavy (non-hydrogen) atoms. The molecule has 30 nitrogen and oxygen atoms in total. The summed E-state index contributed by atoms with van der Waals surface area (Å²) < 4.78 is 51.3. The van der Waals surface area contributed by atoms with E-state index in [1.165, 1.54) is 12.5 Å². The number of fused-ring (bicyclic) bond motifs is 5. The molecule has 6 atom stereocenters. The average molecular weight is 2220 g/mol. The summed E-state index contributed by atoms with van der Waals surface area (Å²) in [6.07, 6.45) is 4.75. The van der Waals surface area contributed by atoms with Crippen LogP contribution in [0.4, 0.5) is 14.4 Å². The van der Waals surface area contributed by atoms with Gasteiger partial charge in [0.1, 0.15) is 41.0 Å². The number of carbonyl (C=O) groups excluding carboxylic acids is 3. The van der Waals surface area contributed by atoms with Crippen LogP contribution in [0.3, 0.4) is 0 Å². The fraction of sp³-hybridized carbons (Fsp3) is 0.574. The fourth-order valence-electron chi connectivity index (χ4n) is 14.2. The third-order valence-electron chi connectivity index (χ3n) is 22.8. The number of allylic oxidation sites excluding steroid dienone is 1. The maximum Gasteiger partial charge on any atom is 0.408 e. The Hall–Kier alpha value is -6.59. The van der Waals surface area contributed by atoms with E-state index in [2.05, 4.69) is 114 Å². The van der Waals surface area contributed by atoms with Crippen molar-refractivity contribution in [2.75, 3.05) is 66.0 Å². The van der Waals surface area contributed by atoms with E-state index in [9.17, 15) is 39.9 Å². The van der Waals surface area contributed by atoms with Gasteiger partial charge in [0, 0.05) is 84.2 Å². The zero-order valence-electron chi connectivity index (χ0n) is 80.0. The molecule has 6 unspecified atom stereocenters. The second-order valence-electron chi connectivity index (χ2n) is 40.0. The van der Waals surface area contributed by atoms with Gasteiger partial charge in [0.25, 0.3) is 0 Å². The number of aliphatic hydroxyl groups excluding tert-OH is 3. The van der Waals surface area contributed by atoms with Crippen LogP contribution in [-0.2, 0) is 74.0 Å². The first kappa shape index (κ1) is 113. The monoisotopic (exact) mass is 2210 g/mol. The largest absolute Gasteiger partial charge is 0.504 e. The van der Waals surface area contributed by atoms with Crippen molar-refractivity contribution in [3.8, 4) is 40.2 Å². The predicted octanol–water partition coefficient (Wildman–Crippen LogP) is 20.4. The fourth-order valence-corrected chi connectivity index (χ4v) is 17.2. The molecule has 6 aliphatic heterocycles. The van der Waals surface area contributed by atoms with Gasteiger partial charge in [-0.05, 0) is 251 Å². The summed E-state index contributed by atoms with van der Waals surface area (Å²) in [4.78, 5) is 65.7. The van der Waals surface area contributed by atoms with Crippen molar-refractivity contribution in [2.24, 2.45) is 5.73 Å². The van der Waals surface area contributed by atoms with Crippen molar-refractivity contribution in [1.29, 1.82) is 0 Å². The maximum atomic E-state index is 12.3. The van der Waals surface area contributed by atoms with Gasteiger partial charge >= 0.3 is 18.3 Å². The van der Waals surface area contributed by atoms with Crippen LogP contribution in [0.15, 0.2) is 55.2 Å². The zero-order valence-corrected chi connectivity index (χ0v) is 89.6. The number of carbonyl (C=O) groups is 3. The minimum Gasteiger partial charge on any atom is -0.504 e. The minimum atomic E-state index is -1.57. The first-order valence-corrected chi connectivity index (χ1v) is 47.9. The van der Waals surface area contributed by atoms with Crippen LogP contribution in [0, 0.1) is 7.40 Å². The van der Waals surface area contributed by atoms with Gasteiger partial charge < -0.3 is 100 Å². The number of aliphatic hydroxyl groups is 5. The van der Waals surface area contributed by atoms with E-state index >= 15 is 0 Å². The number of rotatable bonds is 15. The van der Waals surface area contributed by atoms with Crippen molar-refractivity contribution in [3.05, 3.63) is 160 Å². The lowest BCUT2D eigenvalue weighted by Gasteiger charge is -2.38. The molecule has 13 rings (SSSR count). The number of ether oxygens (including phenoxy) is 9. The first-order chi connectivity index (χ1) is 61.1. The SMILES string of the molecule is C=C(C)c1cc2c(c(Cl)n1)OCCC2(C)C.CC(C)(C)OC(=O)NC1(C)CCOc2c1cc(C(C)(O)CN)nc2Cl.CC(C)(C)OC(=O)NC1(C)CCOc2c1cc(C(C)(O)CO)nc2Cl.CC(C)(C)OC(=O)NC1(C)CCOc2c1cc(C1(C)CO1)nc2Cl.CC(C)(CCO)c1cc(I)nc(Cl)c1O.CC(C)(CCO)c1ccnc(Cl)c1O.CC1(C)CCOc2c1cc(I)nc2Cl. The summed E-state index contributed by atoms with van der Waals surface area (Å²) in [5.41, 5.74) is 6.65. The second-order valence-corrected chi connectivity index (χ2v) is 44.7. The van der Waals surface area contributed by atoms with Gasteiger partial charge in [-0.2, -0.15) is 0 Å². The minimum absolute atomic E-state index is 0.00705. The summed E-state index contributed by atoms with van der Waals surface area (Å²) in [6.45, 7) is 52.0. The Morgan fingerprint density at radius 2 is 0.805 bits per heavy atom. The maximum absolute atomic E-state index is 12.3. The van der Waals surface area contributed by atoms with E-state index in [0.29, 0.717) is 115 Å². The van der Waals surface area contributed by atoms with Crippen molar-refractivity contribution in [3.63, 3.8) is 0 Å². The van der Waals surface area contributed by atoms with Gasteiger partial charge in [-0.3, -0.25) is 0 Å². The summed E-state index contributed by atoms with van der Waals surface area (Å²) in [7, 11) is 0. The lowest BCUT2D eigenvalue weighted by molar-refractivity contribution is -0.00621. The number of nitrogens with zero attached hydrogens (tertiary/aromatic N) is 7. The molecule has 0 bridgehead atoms. The highest BCUT2D eigenvalue weighted by Gasteiger charge is 2.48. The smallest absolute Gasteiger partial charge is 0.408 e. The highest BCUT2D eigenvalue weighted by molar-refractivity contribution is 14.1. The number of aromatic nitrogens is 7. The molecule has 0 radical (unpaired) electrons. The normalized spacial score (nSPS) is 20.2. The highest BCUT2D eigenvalue weighted by atomic mass is 127. The van der Waals surface area contributed by atoms with Gasteiger partial charge in [-0.15, -0.1) is 0 Å². The standard InChI is InChI=1S/C17H26ClN3O4.C17H25ClN2O5.C17H23ClN2O4.C13H16ClNO.C10H13ClINO2.C10H11ClINO.C10H14ClNO2/c1-15(2,3)25-14(22)21-16(4)6-7-24-12-10(16)8-11(20-13(12)18)17(5,23)9-19;1-15(2,3)25-14(22)20-16(4)6-7-24-12-10(16)8-11(19-13(12)18)17(5,23)9-21;1-15(2,3)24-14(21)20-16(4)6-7-22-12-10(16)8-11(19-13(12)18)17(5)9-23-17;1-8(2)10-7-9-11(12(14)15-10)16-6-5-13(9,3)4;1-10(2,3-4-14)6-5-7(12)13-9(11)8(6)15;1-10(2)3-4-14-8-6(10)5-7(12)13-9(8)11;1-10(2,4-6-13)7-3-5-12-9(11)8(7)14/h8,23H,6-7,9,19H2,1-5H3,(H,21,22);8,21,23H,6-7,9H2,1-5H3,(H,20,22);8H,6-7,9H2,1-5H3,(H,20,21);7H,1,5-6H2,2-4H3;5,14-15H,3-4H2,1-2H3;5H,3-4H2,1-2H3;3,5,13-14H,4,6H2,1-2H3. The molecule has 6 aliphatic rings. The number of halogens is 9. The molecule has 12 N–H and O–H groups in total. The van der Waals surface area contributed by atoms with E-state index < -0.39 is 75.1 Å². The van der Waals surface area contributed by atoms with Crippen molar-refractivity contribution < 1.29 is 92.8 Å². The van der Waals surface area contributed by atoms with Gasteiger partial charge in [-0.1, -0.05) is 143 Å². The Balaban J connectivity index is 0.000000215. The molecule has 1 fully saturated rings. The van der Waals surface area contributed by atoms with Crippen LogP contribution in [0.5, 0.6) is 40.2 Å². The van der Waals surface area contributed by atoms with Crippen LogP contribution in [0.25, 0.3) is 5.57 Å². The molecule has 0 spiro atoms. The molecule has 7 aromatic rings. The Kier molecular flexibility index (Phi) is 38.1. The molecule has 13 heterocycles.